The molecule has 0 spiro atoms. The molecule has 0 aliphatic heterocycles. The van der Waals surface area contributed by atoms with Crippen LogP contribution in [0.1, 0.15) is 31.5 Å². The van der Waals surface area contributed by atoms with Crippen LogP contribution in [-0.2, 0) is 16.0 Å². The average molecular weight is 471 g/mol. The fourth-order valence-corrected chi connectivity index (χ4v) is 1.87. The summed E-state index contributed by atoms with van der Waals surface area (Å²) in [6.45, 7) is 3.55. The molecule has 0 amide bonds. The van der Waals surface area contributed by atoms with Gasteiger partial charge in [0.2, 0.25) is 5.24 Å². The lowest BCUT2D eigenvalue weighted by molar-refractivity contribution is -0.116. The van der Waals surface area contributed by atoms with E-state index in [0.717, 1.165) is 11.1 Å². The molecule has 0 atom stereocenters. The predicted octanol–water partition coefficient (Wildman–Crippen LogP) is 6.46. The summed E-state index contributed by atoms with van der Waals surface area (Å²) in [7, 11) is 0. The van der Waals surface area contributed by atoms with Gasteiger partial charge in [0.1, 0.15) is 11.6 Å². The number of aryl methyl sites for hydroxylation is 2. The lowest BCUT2D eigenvalue weighted by Gasteiger charge is -2.04. The lowest BCUT2D eigenvalue weighted by Crippen LogP contribution is -2.07. The maximum atomic E-state index is 13.2. The highest BCUT2D eigenvalue weighted by molar-refractivity contribution is 6.67. The Kier molecular flexibility index (Phi) is 19.0. The van der Waals surface area contributed by atoms with Crippen LogP contribution in [0.4, 0.5) is 14.5 Å². The van der Waals surface area contributed by atoms with Gasteiger partial charge in [-0.25, -0.2) is 8.78 Å². The van der Waals surface area contributed by atoms with Crippen molar-refractivity contribution in [1.29, 1.82) is 0 Å². The summed E-state index contributed by atoms with van der Waals surface area (Å²) in [6, 6.07) is 9.52. The molecule has 29 heavy (non-hydrogen) atoms. The van der Waals surface area contributed by atoms with Crippen molar-refractivity contribution in [3.8, 4) is 0 Å². The number of benzene rings is 2. The number of ketones is 1. The van der Waals surface area contributed by atoms with E-state index in [1.807, 2.05) is 0 Å². The number of hydrogen-bond donors (Lipinski definition) is 1. The van der Waals surface area contributed by atoms with Gasteiger partial charge in [-0.2, -0.15) is 0 Å². The minimum atomic E-state index is -0.508. The second kappa shape index (κ2) is 17.2. The van der Waals surface area contributed by atoms with Gasteiger partial charge in [0.15, 0.2) is 5.78 Å². The van der Waals surface area contributed by atoms with Gasteiger partial charge in [0.25, 0.3) is 0 Å². The number of nitrogens with two attached hydrogens (primary N) is 1. The van der Waals surface area contributed by atoms with Gasteiger partial charge in [0.05, 0.1) is 17.4 Å². The van der Waals surface area contributed by atoms with Crippen LogP contribution in [0.3, 0.4) is 0 Å². The quantitative estimate of drug-likeness (QED) is 0.317. The maximum absolute atomic E-state index is 13.2. The summed E-state index contributed by atoms with van der Waals surface area (Å²) in [6.07, 6.45) is 0.0853. The van der Waals surface area contributed by atoms with Gasteiger partial charge in [0, 0.05) is 6.42 Å². The largest absolute Gasteiger partial charge is 0.396 e. The van der Waals surface area contributed by atoms with Gasteiger partial charge in [-0.3, -0.25) is 9.59 Å². The Hall–Kier alpha value is -1.69. The zero-order chi connectivity index (χ0) is 21.0. The molecule has 0 aliphatic carbocycles. The molecule has 0 heterocycles. The molecule has 0 bridgehead atoms. The molecule has 0 saturated heterocycles. The van der Waals surface area contributed by atoms with E-state index in [1.165, 1.54) is 12.1 Å². The zero-order valence-electron chi connectivity index (χ0n) is 14.9. The highest BCUT2D eigenvalue weighted by Crippen LogP contribution is 2.14. The van der Waals surface area contributed by atoms with Crippen molar-refractivity contribution >= 4 is 51.5 Å². The summed E-state index contributed by atoms with van der Waals surface area (Å²) >= 11 is 14.9. The Morgan fingerprint density at radius 2 is 1.34 bits per heavy atom. The van der Waals surface area contributed by atoms with E-state index in [2.05, 4.69) is 0 Å². The van der Waals surface area contributed by atoms with E-state index in [-0.39, 0.29) is 56.1 Å². The number of hydrogen-bond acceptors (Lipinski definition) is 3. The van der Waals surface area contributed by atoms with Crippen LogP contribution in [-0.4, -0.2) is 22.8 Å². The minimum Gasteiger partial charge on any atom is -0.396 e. The number of halogens is 5. The van der Waals surface area contributed by atoms with Crippen molar-refractivity contribution in [1.82, 2.24) is 0 Å². The van der Waals surface area contributed by atoms with Crippen molar-refractivity contribution in [3.05, 3.63) is 64.7 Å². The zero-order valence-corrected chi connectivity index (χ0v) is 17.1. The van der Waals surface area contributed by atoms with Gasteiger partial charge in [-0.15, -0.1) is 23.2 Å². The molecule has 0 fully saturated rings. The SMILES string of the molecule is C.C.Cc1cccc(F)c1CC(=O)CCl.Cc1cccc(F)c1N.O=C(Cl)CCl. The van der Waals surface area contributed by atoms with Gasteiger partial charge >= 0.3 is 0 Å². The number of rotatable bonds is 4. The molecule has 164 valence electrons. The average Bonchev–Trinajstić information content (AvgIpc) is 2.63. The fourth-order valence-electron chi connectivity index (χ4n) is 1.78. The third-order valence-corrected chi connectivity index (χ3v) is 4.06. The molecule has 0 unspecified atom stereocenters. The first-order valence-electron chi connectivity index (χ1n) is 7.70. The molecular formula is C21H28Cl3F2NO2. The minimum absolute atomic E-state index is 0. The van der Waals surface area contributed by atoms with Gasteiger partial charge in [-0.1, -0.05) is 39.1 Å². The highest BCUT2D eigenvalue weighted by Gasteiger charge is 2.09. The summed E-state index contributed by atoms with van der Waals surface area (Å²) in [4.78, 5) is 20.4. The third-order valence-electron chi connectivity index (χ3n) is 3.25. The number of anilines is 1. The molecule has 2 aromatic rings. The van der Waals surface area contributed by atoms with Crippen LogP contribution >= 0.6 is 34.8 Å². The van der Waals surface area contributed by atoms with Crippen molar-refractivity contribution < 1.29 is 18.4 Å². The number of nitrogen functional groups attached to an aromatic ring is 1. The second-order valence-corrected chi connectivity index (χ2v) is 6.30. The van der Waals surface area contributed by atoms with Crippen molar-refractivity contribution in [2.24, 2.45) is 0 Å². The maximum Gasteiger partial charge on any atom is 0.236 e. The van der Waals surface area contributed by atoms with Gasteiger partial charge in [-0.05, 0) is 54.3 Å². The first-order chi connectivity index (χ1) is 12.6. The number of carbonyl (C=O) groups is 2. The number of alkyl halides is 2. The van der Waals surface area contributed by atoms with E-state index in [4.69, 9.17) is 40.5 Å². The Morgan fingerprint density at radius 3 is 1.69 bits per heavy atom. The molecule has 2 rings (SSSR count). The van der Waals surface area contributed by atoms with E-state index < -0.39 is 5.24 Å². The summed E-state index contributed by atoms with van der Waals surface area (Å²) in [5, 5.41) is -0.508. The summed E-state index contributed by atoms with van der Waals surface area (Å²) in [5.74, 6) is -0.988. The third kappa shape index (κ3) is 13.2. The van der Waals surface area contributed by atoms with E-state index in [1.54, 1.807) is 38.1 Å². The lowest BCUT2D eigenvalue weighted by atomic mass is 10.0. The topological polar surface area (TPSA) is 60.2 Å². The molecule has 0 radical (unpaired) electrons. The van der Waals surface area contributed by atoms with E-state index in [9.17, 15) is 18.4 Å². The standard InChI is InChI=1S/C10H10ClFO.C7H8FN.C2H2Cl2O.2CH4/c1-7-3-2-4-10(12)9(7)5-8(13)6-11;1-5-3-2-4-6(8)7(5)9;3-1-2(4)5;;/h2-4H,5-6H2,1H3;2-4H,9H2,1H3;1H2;2*1H4. The van der Waals surface area contributed by atoms with Crippen LogP contribution in [0.15, 0.2) is 36.4 Å². The number of Topliss-reactive ketones (excluding diaryl/α,β-unsaturated/α-hetero) is 1. The molecule has 0 saturated carbocycles. The normalized spacial score (nSPS) is 8.79. The van der Waals surface area contributed by atoms with Crippen LogP contribution in [0, 0.1) is 25.5 Å². The van der Waals surface area contributed by atoms with Crippen molar-refractivity contribution in [3.63, 3.8) is 0 Å². The van der Waals surface area contributed by atoms with Crippen molar-refractivity contribution in [2.75, 3.05) is 17.5 Å². The summed E-state index contributed by atoms with van der Waals surface area (Å²) < 4.78 is 25.6. The predicted molar refractivity (Wildman–Crippen MR) is 121 cm³/mol. The van der Waals surface area contributed by atoms with E-state index in [0.29, 0.717) is 5.56 Å². The Morgan fingerprint density at radius 1 is 0.897 bits per heavy atom. The Bertz CT molecular complexity index is 731. The molecular weight excluding hydrogens is 443 g/mol. The molecule has 0 aromatic heterocycles. The van der Waals surface area contributed by atoms with Crippen molar-refractivity contribution in [2.45, 2.75) is 35.1 Å². The summed E-state index contributed by atoms with van der Waals surface area (Å²) in [5.41, 5.74) is 7.58. The molecule has 3 nitrogen and oxygen atoms in total. The number of para-hydroxylation sites is 1. The van der Waals surface area contributed by atoms with E-state index >= 15 is 0 Å². The highest BCUT2D eigenvalue weighted by atomic mass is 35.5. The monoisotopic (exact) mass is 469 g/mol. The smallest absolute Gasteiger partial charge is 0.236 e. The molecule has 2 aromatic carbocycles. The van der Waals surface area contributed by atoms with Crippen LogP contribution in [0.2, 0.25) is 0 Å². The first kappa shape index (κ1) is 32.0. The molecule has 8 heteroatoms. The fraction of sp³-hybridized carbons (Fsp3) is 0.333. The molecule has 0 aliphatic rings. The first-order valence-corrected chi connectivity index (χ1v) is 9.15. The molecule has 2 N–H and O–H groups in total. The Labute approximate surface area is 187 Å². The van der Waals surface area contributed by atoms with Crippen LogP contribution in [0.5, 0.6) is 0 Å². The number of carbonyl (C=O) groups excluding carboxylic acids is 2. The second-order valence-electron chi connectivity index (χ2n) is 5.34. The Balaban J connectivity index is -0.000000372. The van der Waals surface area contributed by atoms with Crippen LogP contribution in [0.25, 0.3) is 0 Å². The van der Waals surface area contributed by atoms with Gasteiger partial charge < -0.3 is 5.73 Å². The van der Waals surface area contributed by atoms with Crippen LogP contribution < -0.4 is 5.73 Å².